The monoisotopic (exact) mass is 311 g/mol. The highest BCUT2D eigenvalue weighted by Crippen LogP contribution is 2.32. The molecule has 0 saturated heterocycles. The topological polar surface area (TPSA) is 21.3 Å². The zero-order chi connectivity index (χ0) is 13.1. The van der Waals surface area contributed by atoms with Gasteiger partial charge >= 0.3 is 6.36 Å². The standard InChI is InChI=1S/C11H13BrF3NO/c1-7(2)6-16-8-3-4-10(9(12)5-8)17-11(13,14)15/h3-5,7,16H,6H2,1-2H3. The second-order valence-corrected chi connectivity index (χ2v) is 4.82. The predicted octanol–water partition coefficient (Wildman–Crippen LogP) is 4.42. The lowest BCUT2D eigenvalue weighted by atomic mass is 10.2. The molecule has 0 aliphatic heterocycles. The van der Waals surface area contributed by atoms with Crippen LogP contribution in [0.4, 0.5) is 18.9 Å². The Morgan fingerprint density at radius 2 is 2.00 bits per heavy atom. The van der Waals surface area contributed by atoms with Crippen molar-refractivity contribution in [2.75, 3.05) is 11.9 Å². The fourth-order valence-corrected chi connectivity index (χ4v) is 1.60. The van der Waals surface area contributed by atoms with E-state index in [0.29, 0.717) is 5.92 Å². The van der Waals surface area contributed by atoms with Crippen LogP contribution in [0.5, 0.6) is 5.75 Å². The summed E-state index contributed by atoms with van der Waals surface area (Å²) in [4.78, 5) is 0. The van der Waals surface area contributed by atoms with Gasteiger partial charge < -0.3 is 10.1 Å². The Hall–Kier alpha value is -0.910. The molecule has 0 saturated carbocycles. The summed E-state index contributed by atoms with van der Waals surface area (Å²) in [6.07, 6.45) is -4.67. The summed E-state index contributed by atoms with van der Waals surface area (Å²) in [5.41, 5.74) is 0.750. The molecule has 0 spiro atoms. The summed E-state index contributed by atoms with van der Waals surface area (Å²) in [7, 11) is 0. The van der Waals surface area contributed by atoms with E-state index in [2.05, 4.69) is 26.0 Å². The molecule has 0 aromatic heterocycles. The van der Waals surface area contributed by atoms with Crippen molar-refractivity contribution < 1.29 is 17.9 Å². The van der Waals surface area contributed by atoms with Crippen molar-refractivity contribution in [1.82, 2.24) is 0 Å². The number of nitrogens with one attached hydrogen (secondary N) is 1. The molecule has 0 aliphatic carbocycles. The van der Waals surface area contributed by atoms with E-state index in [-0.39, 0.29) is 10.2 Å². The number of alkyl halides is 3. The van der Waals surface area contributed by atoms with Gasteiger partial charge in [-0.2, -0.15) is 0 Å². The van der Waals surface area contributed by atoms with Gasteiger partial charge in [-0.1, -0.05) is 13.8 Å². The van der Waals surface area contributed by atoms with Crippen molar-refractivity contribution in [1.29, 1.82) is 0 Å². The zero-order valence-electron chi connectivity index (χ0n) is 9.44. The molecule has 1 N–H and O–H groups in total. The smallest absolute Gasteiger partial charge is 0.405 e. The molecule has 2 nitrogen and oxygen atoms in total. The maximum atomic E-state index is 12.0. The number of rotatable bonds is 4. The number of benzene rings is 1. The Balaban J connectivity index is 2.72. The van der Waals surface area contributed by atoms with Crippen molar-refractivity contribution >= 4 is 21.6 Å². The minimum atomic E-state index is -4.67. The van der Waals surface area contributed by atoms with Crippen LogP contribution in [0.1, 0.15) is 13.8 Å². The van der Waals surface area contributed by atoms with Crippen LogP contribution in [-0.4, -0.2) is 12.9 Å². The number of anilines is 1. The summed E-state index contributed by atoms with van der Waals surface area (Å²) < 4.78 is 40.2. The predicted molar refractivity (Wildman–Crippen MR) is 64.2 cm³/mol. The first kappa shape index (κ1) is 14.2. The first-order chi connectivity index (χ1) is 7.78. The normalized spacial score (nSPS) is 11.7. The summed E-state index contributed by atoms with van der Waals surface area (Å²) in [5.74, 6) is 0.215. The van der Waals surface area contributed by atoms with Crippen LogP contribution in [-0.2, 0) is 0 Å². The van der Waals surface area contributed by atoms with Gasteiger partial charge in [0.25, 0.3) is 0 Å². The lowest BCUT2D eigenvalue weighted by Crippen LogP contribution is -2.17. The van der Waals surface area contributed by atoms with Crippen LogP contribution in [0.3, 0.4) is 0 Å². The number of ether oxygens (including phenoxy) is 1. The maximum Gasteiger partial charge on any atom is 0.573 e. The van der Waals surface area contributed by atoms with E-state index < -0.39 is 6.36 Å². The Labute approximate surface area is 106 Å². The second-order valence-electron chi connectivity index (χ2n) is 3.97. The van der Waals surface area contributed by atoms with Gasteiger partial charge in [-0.05, 0) is 40.0 Å². The molecular weight excluding hydrogens is 299 g/mol. The van der Waals surface area contributed by atoms with Crippen LogP contribution in [0.2, 0.25) is 0 Å². The molecule has 0 radical (unpaired) electrons. The quantitative estimate of drug-likeness (QED) is 0.889. The van der Waals surface area contributed by atoms with Crippen molar-refractivity contribution in [3.63, 3.8) is 0 Å². The van der Waals surface area contributed by atoms with Crippen LogP contribution in [0, 0.1) is 5.92 Å². The number of hydrogen-bond donors (Lipinski definition) is 1. The molecule has 1 rings (SSSR count). The Kier molecular flexibility index (Phi) is 4.68. The molecule has 0 unspecified atom stereocenters. The molecule has 96 valence electrons. The van der Waals surface area contributed by atoms with Crippen LogP contribution < -0.4 is 10.1 Å². The molecule has 0 atom stereocenters. The third-order valence-electron chi connectivity index (χ3n) is 1.87. The first-order valence-corrected chi connectivity index (χ1v) is 5.86. The van der Waals surface area contributed by atoms with Gasteiger partial charge in [0.2, 0.25) is 0 Å². The van der Waals surface area contributed by atoms with Gasteiger partial charge in [0.15, 0.2) is 0 Å². The fraction of sp³-hybridized carbons (Fsp3) is 0.455. The van der Waals surface area contributed by atoms with E-state index in [1.165, 1.54) is 6.07 Å². The second kappa shape index (κ2) is 5.62. The lowest BCUT2D eigenvalue weighted by molar-refractivity contribution is -0.274. The lowest BCUT2D eigenvalue weighted by Gasteiger charge is -2.13. The van der Waals surface area contributed by atoms with Crippen molar-refractivity contribution in [3.05, 3.63) is 22.7 Å². The van der Waals surface area contributed by atoms with E-state index >= 15 is 0 Å². The fourth-order valence-electron chi connectivity index (χ4n) is 1.14. The van der Waals surface area contributed by atoms with Gasteiger partial charge in [-0.3, -0.25) is 0 Å². The molecular formula is C11H13BrF3NO. The van der Waals surface area contributed by atoms with Crippen molar-refractivity contribution in [3.8, 4) is 5.75 Å². The highest BCUT2D eigenvalue weighted by Gasteiger charge is 2.31. The van der Waals surface area contributed by atoms with Gasteiger partial charge in [0, 0.05) is 12.2 Å². The molecule has 0 bridgehead atoms. The molecule has 0 amide bonds. The Morgan fingerprint density at radius 3 is 2.47 bits per heavy atom. The van der Waals surface area contributed by atoms with E-state index in [4.69, 9.17) is 0 Å². The van der Waals surface area contributed by atoms with Gasteiger partial charge in [0.1, 0.15) is 5.75 Å². The van der Waals surface area contributed by atoms with E-state index in [9.17, 15) is 13.2 Å². The van der Waals surface area contributed by atoms with Gasteiger partial charge in [-0.15, -0.1) is 13.2 Å². The van der Waals surface area contributed by atoms with E-state index in [1.807, 2.05) is 13.8 Å². The molecule has 0 aliphatic rings. The van der Waals surface area contributed by atoms with E-state index in [0.717, 1.165) is 12.2 Å². The average Bonchev–Trinajstić information content (AvgIpc) is 2.17. The largest absolute Gasteiger partial charge is 0.573 e. The molecule has 0 fully saturated rings. The average molecular weight is 312 g/mol. The van der Waals surface area contributed by atoms with E-state index in [1.54, 1.807) is 12.1 Å². The molecule has 1 aromatic carbocycles. The van der Waals surface area contributed by atoms with Crippen LogP contribution in [0.15, 0.2) is 22.7 Å². The summed E-state index contributed by atoms with van der Waals surface area (Å²) in [5, 5.41) is 3.11. The number of halogens is 4. The molecule has 17 heavy (non-hydrogen) atoms. The van der Waals surface area contributed by atoms with Crippen molar-refractivity contribution in [2.24, 2.45) is 5.92 Å². The summed E-state index contributed by atoms with van der Waals surface area (Å²) in [6, 6.07) is 4.39. The SMILES string of the molecule is CC(C)CNc1ccc(OC(F)(F)F)c(Br)c1. The summed E-state index contributed by atoms with van der Waals surface area (Å²) >= 11 is 3.04. The first-order valence-electron chi connectivity index (χ1n) is 5.07. The highest BCUT2D eigenvalue weighted by atomic mass is 79.9. The third kappa shape index (κ3) is 5.30. The Morgan fingerprint density at radius 1 is 1.35 bits per heavy atom. The third-order valence-corrected chi connectivity index (χ3v) is 2.49. The highest BCUT2D eigenvalue weighted by molar-refractivity contribution is 9.10. The molecule has 1 aromatic rings. The molecule has 0 heterocycles. The maximum absolute atomic E-state index is 12.0. The minimum Gasteiger partial charge on any atom is -0.405 e. The number of hydrogen-bond acceptors (Lipinski definition) is 2. The van der Waals surface area contributed by atoms with Crippen LogP contribution >= 0.6 is 15.9 Å². The van der Waals surface area contributed by atoms with Gasteiger partial charge in [0.05, 0.1) is 4.47 Å². The Bertz CT molecular complexity index is 379. The minimum absolute atomic E-state index is 0.243. The molecule has 6 heteroatoms. The van der Waals surface area contributed by atoms with Crippen LogP contribution in [0.25, 0.3) is 0 Å². The van der Waals surface area contributed by atoms with Crippen molar-refractivity contribution in [2.45, 2.75) is 20.2 Å². The zero-order valence-corrected chi connectivity index (χ0v) is 11.0. The summed E-state index contributed by atoms with van der Waals surface area (Å²) in [6.45, 7) is 4.85. The van der Waals surface area contributed by atoms with Gasteiger partial charge in [-0.25, -0.2) is 0 Å².